The van der Waals surface area contributed by atoms with Crippen LogP contribution in [0.4, 0.5) is 5.69 Å². The van der Waals surface area contributed by atoms with Crippen molar-refractivity contribution in [2.75, 3.05) is 31.8 Å². The molecule has 0 spiro atoms. The van der Waals surface area contributed by atoms with Crippen LogP contribution in [-0.2, 0) is 17.8 Å². The summed E-state index contributed by atoms with van der Waals surface area (Å²) in [7, 11) is 1.58. The second-order valence-electron chi connectivity index (χ2n) is 7.15. The topological polar surface area (TPSA) is 57.2 Å². The summed E-state index contributed by atoms with van der Waals surface area (Å²) in [6, 6.07) is 15.2. The fourth-order valence-electron chi connectivity index (χ4n) is 3.42. The highest BCUT2D eigenvalue weighted by Gasteiger charge is 2.21. The van der Waals surface area contributed by atoms with Crippen LogP contribution in [0.25, 0.3) is 0 Å². The van der Waals surface area contributed by atoms with E-state index in [1.165, 1.54) is 0 Å². The normalized spacial score (nSPS) is 12.2. The molecule has 3 aromatic rings. The van der Waals surface area contributed by atoms with E-state index in [-0.39, 0.29) is 12.5 Å². The quantitative estimate of drug-likeness (QED) is 0.435. The molecule has 0 aliphatic carbocycles. The second kappa shape index (κ2) is 10.2. The maximum absolute atomic E-state index is 13.3. The van der Waals surface area contributed by atoms with E-state index in [9.17, 15) is 4.79 Å². The Morgan fingerprint density at radius 2 is 1.97 bits per heavy atom. The Labute approximate surface area is 191 Å². The van der Waals surface area contributed by atoms with Gasteiger partial charge in [0.05, 0.1) is 13.7 Å². The number of hydrogen-bond acceptors (Lipinski definition) is 6. The number of nitrogens with zero attached hydrogens (tertiary/aromatic N) is 1. The average molecular weight is 452 g/mol. The minimum Gasteiger partial charge on any atom is -0.493 e. The maximum Gasteiger partial charge on any atom is 0.265 e. The van der Waals surface area contributed by atoms with Gasteiger partial charge in [-0.15, -0.1) is 17.9 Å². The molecule has 0 radical (unpaired) electrons. The fraction of sp³-hybridized carbons (Fsp3) is 0.240. The van der Waals surface area contributed by atoms with Crippen LogP contribution >= 0.6 is 11.3 Å². The SMILES string of the molecule is C=CCc1ccc(OCC(=O)N(Cc2cccs2)c2ccc3c(c2)OCCO3)c(OC)c1. The zero-order valence-corrected chi connectivity index (χ0v) is 18.7. The van der Waals surface area contributed by atoms with Crippen LogP contribution in [0.2, 0.25) is 0 Å². The molecule has 0 unspecified atom stereocenters. The van der Waals surface area contributed by atoms with E-state index >= 15 is 0 Å². The van der Waals surface area contributed by atoms with Gasteiger partial charge in [0.1, 0.15) is 13.2 Å². The van der Waals surface area contributed by atoms with Crippen molar-refractivity contribution >= 4 is 22.9 Å². The zero-order valence-electron chi connectivity index (χ0n) is 17.9. The highest BCUT2D eigenvalue weighted by molar-refractivity contribution is 7.09. The van der Waals surface area contributed by atoms with Crippen molar-refractivity contribution in [2.24, 2.45) is 0 Å². The molecular weight excluding hydrogens is 426 g/mol. The van der Waals surface area contributed by atoms with Crippen LogP contribution in [0.15, 0.2) is 66.6 Å². The summed E-state index contributed by atoms with van der Waals surface area (Å²) in [5.74, 6) is 2.25. The highest BCUT2D eigenvalue weighted by atomic mass is 32.1. The number of allylic oxidation sites excluding steroid dienone is 1. The molecule has 2 aromatic carbocycles. The van der Waals surface area contributed by atoms with Crippen molar-refractivity contribution in [2.45, 2.75) is 13.0 Å². The monoisotopic (exact) mass is 451 g/mol. The van der Waals surface area contributed by atoms with E-state index in [1.807, 2.05) is 60.0 Å². The fourth-order valence-corrected chi connectivity index (χ4v) is 4.12. The first-order valence-electron chi connectivity index (χ1n) is 10.3. The minimum absolute atomic E-state index is 0.128. The average Bonchev–Trinajstić information content (AvgIpc) is 3.34. The predicted octanol–water partition coefficient (Wildman–Crippen LogP) is 4.87. The van der Waals surface area contributed by atoms with Crippen molar-refractivity contribution < 1.29 is 23.7 Å². The van der Waals surface area contributed by atoms with E-state index in [4.69, 9.17) is 18.9 Å². The molecule has 0 atom stereocenters. The zero-order chi connectivity index (χ0) is 22.3. The highest BCUT2D eigenvalue weighted by Crippen LogP contribution is 2.35. The van der Waals surface area contributed by atoms with Crippen molar-refractivity contribution in [1.29, 1.82) is 0 Å². The van der Waals surface area contributed by atoms with Gasteiger partial charge in [0.25, 0.3) is 5.91 Å². The maximum atomic E-state index is 13.3. The van der Waals surface area contributed by atoms with Gasteiger partial charge in [0, 0.05) is 16.6 Å². The smallest absolute Gasteiger partial charge is 0.265 e. The molecule has 6 nitrogen and oxygen atoms in total. The number of rotatable bonds is 9. The molecule has 1 aromatic heterocycles. The van der Waals surface area contributed by atoms with Gasteiger partial charge in [-0.25, -0.2) is 0 Å². The summed E-state index contributed by atoms with van der Waals surface area (Å²) >= 11 is 1.60. The van der Waals surface area contributed by atoms with Crippen LogP contribution in [-0.4, -0.2) is 32.8 Å². The van der Waals surface area contributed by atoms with E-state index in [1.54, 1.807) is 23.3 Å². The summed E-state index contributed by atoms with van der Waals surface area (Å²) in [6.45, 7) is 5.08. The summed E-state index contributed by atoms with van der Waals surface area (Å²) in [6.07, 6.45) is 2.56. The number of fused-ring (bicyclic) bond motifs is 1. The number of methoxy groups -OCH3 is 1. The summed E-state index contributed by atoms with van der Waals surface area (Å²) in [5.41, 5.74) is 1.79. The van der Waals surface area contributed by atoms with Crippen molar-refractivity contribution in [1.82, 2.24) is 0 Å². The van der Waals surface area contributed by atoms with Crippen molar-refractivity contribution in [3.63, 3.8) is 0 Å². The number of anilines is 1. The molecule has 4 rings (SSSR count). The lowest BCUT2D eigenvalue weighted by atomic mass is 10.1. The predicted molar refractivity (Wildman–Crippen MR) is 125 cm³/mol. The van der Waals surface area contributed by atoms with Gasteiger partial charge in [-0.3, -0.25) is 4.79 Å². The lowest BCUT2D eigenvalue weighted by Gasteiger charge is -2.25. The molecule has 1 amide bonds. The third kappa shape index (κ3) is 5.06. The largest absolute Gasteiger partial charge is 0.493 e. The Kier molecular flexibility index (Phi) is 6.97. The first kappa shape index (κ1) is 21.8. The Balaban J connectivity index is 1.54. The molecule has 0 saturated heterocycles. The van der Waals surface area contributed by atoms with Crippen LogP contribution in [0, 0.1) is 0 Å². The number of benzene rings is 2. The van der Waals surface area contributed by atoms with E-state index in [0.29, 0.717) is 42.8 Å². The molecule has 166 valence electrons. The molecular formula is C25H25NO5S. The molecule has 0 bridgehead atoms. The standard InChI is InChI=1S/C25H25NO5S/c1-3-5-18-7-9-21(23(14-18)28-2)31-17-25(27)26(16-20-6-4-13-32-20)19-8-10-22-24(15-19)30-12-11-29-22/h3-4,6-10,13-15H,1,5,11-12,16-17H2,2H3. The Hall–Kier alpha value is -3.45. The van der Waals surface area contributed by atoms with E-state index in [2.05, 4.69) is 6.58 Å². The lowest BCUT2D eigenvalue weighted by Crippen LogP contribution is -2.34. The molecule has 0 N–H and O–H groups in total. The Morgan fingerprint density at radius 1 is 1.12 bits per heavy atom. The van der Waals surface area contributed by atoms with Crippen LogP contribution in [0.5, 0.6) is 23.0 Å². The first-order chi connectivity index (χ1) is 15.7. The van der Waals surface area contributed by atoms with Gasteiger partial charge >= 0.3 is 0 Å². The number of carbonyl (C=O) groups is 1. The first-order valence-corrected chi connectivity index (χ1v) is 11.2. The van der Waals surface area contributed by atoms with Gasteiger partial charge in [0.2, 0.25) is 0 Å². The second-order valence-corrected chi connectivity index (χ2v) is 8.19. The summed E-state index contributed by atoms with van der Waals surface area (Å²) in [5, 5.41) is 1.99. The van der Waals surface area contributed by atoms with E-state index < -0.39 is 0 Å². The number of thiophene rings is 1. The van der Waals surface area contributed by atoms with Gasteiger partial charge in [0.15, 0.2) is 29.6 Å². The van der Waals surface area contributed by atoms with Crippen LogP contribution in [0.3, 0.4) is 0 Å². The molecule has 2 heterocycles. The minimum atomic E-state index is -0.174. The Bertz CT molecular complexity index is 1080. The lowest BCUT2D eigenvalue weighted by molar-refractivity contribution is -0.120. The molecule has 1 aliphatic rings. The number of hydrogen-bond donors (Lipinski definition) is 0. The molecule has 1 aliphatic heterocycles. The summed E-state index contributed by atoms with van der Waals surface area (Å²) < 4.78 is 22.6. The molecule has 0 fully saturated rings. The molecule has 0 saturated carbocycles. The number of amides is 1. The third-order valence-electron chi connectivity index (χ3n) is 4.99. The molecule has 7 heteroatoms. The molecule has 32 heavy (non-hydrogen) atoms. The summed E-state index contributed by atoms with van der Waals surface area (Å²) in [4.78, 5) is 16.0. The van der Waals surface area contributed by atoms with Crippen LogP contribution in [0.1, 0.15) is 10.4 Å². The number of carbonyl (C=O) groups excluding carboxylic acids is 1. The third-order valence-corrected chi connectivity index (χ3v) is 5.85. The van der Waals surface area contributed by atoms with E-state index in [0.717, 1.165) is 22.5 Å². The Morgan fingerprint density at radius 3 is 2.72 bits per heavy atom. The van der Waals surface area contributed by atoms with Crippen LogP contribution < -0.4 is 23.8 Å². The van der Waals surface area contributed by atoms with Gasteiger partial charge in [-0.2, -0.15) is 0 Å². The van der Waals surface area contributed by atoms with Gasteiger partial charge in [-0.1, -0.05) is 18.2 Å². The van der Waals surface area contributed by atoms with Crippen molar-refractivity contribution in [3.05, 3.63) is 77.0 Å². The van der Waals surface area contributed by atoms with Gasteiger partial charge in [-0.05, 0) is 47.7 Å². The number of ether oxygens (including phenoxy) is 4. The van der Waals surface area contributed by atoms with Gasteiger partial charge < -0.3 is 23.8 Å². The van der Waals surface area contributed by atoms with Crippen molar-refractivity contribution in [3.8, 4) is 23.0 Å².